The van der Waals surface area contributed by atoms with Crippen LogP contribution in [0.1, 0.15) is 14.9 Å². The second-order valence-corrected chi connectivity index (χ2v) is 6.02. The molecular weight excluding hydrogens is 368 g/mol. The summed E-state index contributed by atoms with van der Waals surface area (Å²) >= 11 is 7.21. The van der Waals surface area contributed by atoms with E-state index in [4.69, 9.17) is 29.4 Å². The minimum Gasteiger partial charge on any atom is -0.325 e. The van der Waals surface area contributed by atoms with Gasteiger partial charge in [-0.15, -0.1) is 0 Å². The molecule has 0 saturated carbocycles. The molecule has 0 aromatic carbocycles. The maximum atomic E-state index is 7.56. The van der Waals surface area contributed by atoms with Crippen molar-refractivity contribution in [2.45, 2.75) is 14.9 Å². The Bertz CT molecular complexity index is 139. The molecule has 0 saturated heterocycles. The molecule has 0 aromatic rings. The third kappa shape index (κ3) is 555. The van der Waals surface area contributed by atoms with Crippen LogP contribution < -0.4 is 0 Å². The summed E-state index contributed by atoms with van der Waals surface area (Å²) in [5.74, 6) is 0. The predicted octanol–water partition coefficient (Wildman–Crippen LogP) is -0.733. The average molecular weight is 382 g/mol. The molecule has 13 heavy (non-hydrogen) atoms. The van der Waals surface area contributed by atoms with E-state index in [1.807, 2.05) is 0 Å². The van der Waals surface area contributed by atoms with Gasteiger partial charge in [-0.1, -0.05) is 14.9 Å². The molecule has 3 radical (unpaired) electrons. The molecule has 0 amide bonds. The number of rotatable bonds is 0. The summed E-state index contributed by atoms with van der Waals surface area (Å²) in [5, 5.41) is 0. The Labute approximate surface area is 105 Å². The summed E-state index contributed by atoms with van der Waals surface area (Å²) in [6, 6.07) is 0. The maximum absolute atomic E-state index is 7.56. The van der Waals surface area contributed by atoms with Gasteiger partial charge >= 0.3 is 13.4 Å². The molecule has 0 unspecified atom stereocenters. The zero-order chi connectivity index (χ0) is 9.00. The molecular formula is C2H14O6P2S2Sb. The molecule has 85 valence electrons. The van der Waals surface area contributed by atoms with Gasteiger partial charge < -0.3 is 29.4 Å². The smallest absolute Gasteiger partial charge is 0.319 e. The molecule has 0 aromatic heterocycles. The van der Waals surface area contributed by atoms with Crippen molar-refractivity contribution in [3.63, 3.8) is 0 Å². The van der Waals surface area contributed by atoms with E-state index >= 15 is 0 Å². The van der Waals surface area contributed by atoms with Crippen molar-refractivity contribution in [3.8, 4) is 0 Å². The van der Waals surface area contributed by atoms with Gasteiger partial charge in [0.1, 0.15) is 0 Å². The zero-order valence-corrected chi connectivity index (χ0v) is 10.8. The van der Waals surface area contributed by atoms with Gasteiger partial charge in [0.25, 0.3) is 0 Å². The van der Waals surface area contributed by atoms with Crippen LogP contribution >= 0.6 is 13.4 Å². The first-order valence-corrected chi connectivity index (χ1v) is 6.89. The van der Waals surface area contributed by atoms with Crippen molar-refractivity contribution in [2.24, 2.45) is 0 Å². The van der Waals surface area contributed by atoms with Crippen LogP contribution in [0.2, 0.25) is 0 Å². The standard InChI is InChI=1S/2CH4.2H3O3PS.Sb/c;;2*1-4(2,3)5;/h2*1H4;2*(H3,1,2,3,5);. The van der Waals surface area contributed by atoms with Gasteiger partial charge in [-0.2, -0.15) is 0 Å². The normalized spacial score (nSPS) is 9.08. The quantitative estimate of drug-likeness (QED) is 0.240. The molecule has 6 nitrogen and oxygen atoms in total. The summed E-state index contributed by atoms with van der Waals surface area (Å²) in [4.78, 5) is 45.3. The minimum absolute atomic E-state index is 0. The topological polar surface area (TPSA) is 121 Å². The van der Waals surface area contributed by atoms with Crippen LogP contribution in [0.25, 0.3) is 0 Å². The molecule has 11 heteroatoms. The zero-order valence-electron chi connectivity index (χ0n) is 4.84. The molecule has 6 N–H and O–H groups in total. The van der Waals surface area contributed by atoms with Crippen molar-refractivity contribution in [3.05, 3.63) is 0 Å². The molecule has 0 aliphatic carbocycles. The van der Waals surface area contributed by atoms with Gasteiger partial charge in [0.05, 0.1) is 0 Å². The first kappa shape index (κ1) is 29.4. The monoisotopic (exact) mass is 381 g/mol. The Morgan fingerprint density at radius 3 is 0.615 bits per heavy atom. The first-order valence-electron chi connectivity index (χ1n) is 1.57. The van der Waals surface area contributed by atoms with Crippen molar-refractivity contribution < 1.29 is 29.4 Å². The molecule has 0 spiro atoms. The number of hydrogen-bond acceptors (Lipinski definition) is 2. The largest absolute Gasteiger partial charge is 0.325 e. The summed E-state index contributed by atoms with van der Waals surface area (Å²) in [6.45, 7) is -7.61. The summed E-state index contributed by atoms with van der Waals surface area (Å²) in [6.07, 6.45) is 0. The third-order valence-electron chi connectivity index (χ3n) is 0. The van der Waals surface area contributed by atoms with Crippen molar-refractivity contribution in [1.29, 1.82) is 0 Å². The fourth-order valence-electron chi connectivity index (χ4n) is 0. The Morgan fingerprint density at radius 2 is 0.615 bits per heavy atom. The fourth-order valence-corrected chi connectivity index (χ4v) is 0. The molecule has 0 atom stereocenters. The van der Waals surface area contributed by atoms with E-state index in [-0.39, 0.29) is 39.3 Å². The minimum atomic E-state index is -3.81. The van der Waals surface area contributed by atoms with E-state index in [0.29, 0.717) is 0 Å². The Morgan fingerprint density at radius 1 is 0.615 bits per heavy atom. The van der Waals surface area contributed by atoms with Gasteiger partial charge in [-0.3, -0.25) is 0 Å². The second kappa shape index (κ2) is 12.0. The molecule has 0 aliphatic rings. The SMILES string of the molecule is C.C.OP(O)(O)=S.OP(O)(O)=S.[Sb]. The van der Waals surface area contributed by atoms with E-state index in [1.165, 1.54) is 0 Å². The maximum Gasteiger partial charge on any atom is 0.319 e. The average Bonchev–Trinajstić information content (AvgIpc) is 1.12. The van der Waals surface area contributed by atoms with E-state index < -0.39 is 13.4 Å². The molecule has 0 bridgehead atoms. The van der Waals surface area contributed by atoms with E-state index in [9.17, 15) is 0 Å². The summed E-state index contributed by atoms with van der Waals surface area (Å²) < 4.78 is 0. The molecule has 0 aliphatic heterocycles. The van der Waals surface area contributed by atoms with Crippen LogP contribution in [0.15, 0.2) is 0 Å². The summed E-state index contributed by atoms with van der Waals surface area (Å²) in [7, 11) is 0. The second-order valence-electron chi connectivity index (χ2n) is 1.03. The van der Waals surface area contributed by atoms with Gasteiger partial charge in [0.15, 0.2) is 0 Å². The number of hydrogen-bond donors (Lipinski definition) is 6. The van der Waals surface area contributed by atoms with Gasteiger partial charge in [0.2, 0.25) is 0 Å². The Balaban J connectivity index is -0.0000000267. The first-order chi connectivity index (χ1) is 4.00. The van der Waals surface area contributed by atoms with Crippen molar-refractivity contribution in [2.75, 3.05) is 0 Å². The van der Waals surface area contributed by atoms with Gasteiger partial charge in [-0.25, -0.2) is 0 Å². The van der Waals surface area contributed by atoms with E-state index in [2.05, 4.69) is 23.6 Å². The predicted molar refractivity (Wildman–Crippen MR) is 61.1 cm³/mol. The van der Waals surface area contributed by atoms with Crippen molar-refractivity contribution >= 4 is 61.5 Å². The third-order valence-corrected chi connectivity index (χ3v) is 0. The van der Waals surface area contributed by atoms with Crippen LogP contribution in [-0.2, 0) is 23.6 Å². The summed E-state index contributed by atoms with van der Waals surface area (Å²) in [5.41, 5.74) is 0. The van der Waals surface area contributed by atoms with Gasteiger partial charge in [-0.05, 0) is 23.6 Å². The fraction of sp³-hybridized carbons (Fsp3) is 1.00. The van der Waals surface area contributed by atoms with Crippen LogP contribution in [0, 0.1) is 0 Å². The molecule has 0 heterocycles. The van der Waals surface area contributed by atoms with E-state index in [0.717, 1.165) is 0 Å². The van der Waals surface area contributed by atoms with Crippen LogP contribution in [0.5, 0.6) is 0 Å². The van der Waals surface area contributed by atoms with Crippen LogP contribution in [-0.4, -0.2) is 53.8 Å². The van der Waals surface area contributed by atoms with Crippen molar-refractivity contribution in [1.82, 2.24) is 0 Å². The van der Waals surface area contributed by atoms with E-state index in [1.54, 1.807) is 0 Å². The molecule has 0 fully saturated rings. The van der Waals surface area contributed by atoms with Crippen LogP contribution in [0.4, 0.5) is 0 Å². The van der Waals surface area contributed by atoms with Gasteiger partial charge in [0, 0.05) is 24.4 Å². The Kier molecular flexibility index (Phi) is 27.0. The molecule has 0 rings (SSSR count). The van der Waals surface area contributed by atoms with Crippen LogP contribution in [0.3, 0.4) is 0 Å². The Hall–Kier alpha value is 1.88.